The minimum absolute atomic E-state index is 0.0858. The van der Waals surface area contributed by atoms with Crippen molar-refractivity contribution in [3.8, 4) is 17.0 Å². The van der Waals surface area contributed by atoms with Crippen molar-refractivity contribution in [2.45, 2.75) is 72.3 Å². The molecule has 1 aliphatic carbocycles. The Bertz CT molecular complexity index is 743. The summed E-state index contributed by atoms with van der Waals surface area (Å²) in [6.45, 7) is 9.91. The maximum atomic E-state index is 6.21. The largest absolute Gasteiger partial charge is 0.493 e. The molecule has 28 heavy (non-hydrogen) atoms. The molecule has 0 spiro atoms. The average molecular weight is 382 g/mol. The van der Waals surface area contributed by atoms with Crippen LogP contribution >= 0.6 is 0 Å². The summed E-state index contributed by atoms with van der Waals surface area (Å²) in [4.78, 5) is 4.92. The van der Waals surface area contributed by atoms with Gasteiger partial charge in [0.05, 0.1) is 18.4 Å². The van der Waals surface area contributed by atoms with Crippen LogP contribution in [0.15, 0.2) is 30.5 Å². The van der Waals surface area contributed by atoms with E-state index in [-0.39, 0.29) is 6.10 Å². The van der Waals surface area contributed by atoms with Crippen molar-refractivity contribution < 1.29 is 9.47 Å². The fourth-order valence-corrected chi connectivity index (χ4v) is 4.57. The normalized spacial score (nSPS) is 15.7. The summed E-state index contributed by atoms with van der Waals surface area (Å²) in [6.07, 6.45) is 9.17. The number of nitrogens with zero attached hydrogens (tertiary/aromatic N) is 1. The van der Waals surface area contributed by atoms with E-state index in [9.17, 15) is 0 Å². The third kappa shape index (κ3) is 4.41. The predicted octanol–water partition coefficient (Wildman–Crippen LogP) is 6.54. The molecule has 0 amide bonds. The van der Waals surface area contributed by atoms with Crippen LogP contribution in [-0.4, -0.2) is 18.2 Å². The first kappa shape index (κ1) is 20.9. The molecule has 2 aromatic rings. The zero-order valence-corrected chi connectivity index (χ0v) is 18.0. The van der Waals surface area contributed by atoms with Crippen molar-refractivity contribution in [3.05, 3.63) is 47.2 Å². The van der Waals surface area contributed by atoms with Gasteiger partial charge in [0, 0.05) is 30.0 Å². The van der Waals surface area contributed by atoms with Crippen LogP contribution in [0.2, 0.25) is 0 Å². The van der Waals surface area contributed by atoms with Crippen molar-refractivity contribution in [3.63, 3.8) is 0 Å². The van der Waals surface area contributed by atoms with Gasteiger partial charge in [-0.25, -0.2) is 0 Å². The molecule has 3 nitrogen and oxygen atoms in total. The van der Waals surface area contributed by atoms with Crippen LogP contribution in [0.5, 0.6) is 5.75 Å². The van der Waals surface area contributed by atoms with E-state index in [0.29, 0.717) is 19.1 Å². The van der Waals surface area contributed by atoms with E-state index in [4.69, 9.17) is 14.5 Å². The highest BCUT2D eigenvalue weighted by Crippen LogP contribution is 2.42. The molecule has 0 radical (unpaired) electrons. The number of rotatable bonds is 9. The van der Waals surface area contributed by atoms with E-state index in [1.807, 2.05) is 13.1 Å². The minimum Gasteiger partial charge on any atom is -0.493 e. The van der Waals surface area contributed by atoms with Crippen molar-refractivity contribution in [1.29, 1.82) is 0 Å². The first-order valence-electron chi connectivity index (χ1n) is 11.1. The molecule has 1 aromatic heterocycles. The van der Waals surface area contributed by atoms with Crippen LogP contribution in [0.25, 0.3) is 11.3 Å². The standard InChI is InChI=1S/C25H35NO2/c1-5-18-14-11-15-19(6-2)24(18)22-16-23(27-7-3)21(17-26-22)25(28-8-4)20-12-9-10-13-20/h11,14-17,20,25H,5-10,12-13H2,1-4H3. The van der Waals surface area contributed by atoms with Gasteiger partial charge in [0.15, 0.2) is 0 Å². The number of ether oxygens (including phenoxy) is 2. The van der Waals surface area contributed by atoms with E-state index in [2.05, 4.69) is 45.0 Å². The lowest BCUT2D eigenvalue weighted by molar-refractivity contribution is 0.0181. The quantitative estimate of drug-likeness (QED) is 0.494. The average Bonchev–Trinajstić information content (AvgIpc) is 3.26. The highest BCUT2D eigenvalue weighted by molar-refractivity contribution is 5.69. The molecule has 1 unspecified atom stereocenters. The molecule has 0 N–H and O–H groups in total. The molecule has 0 aliphatic heterocycles. The monoisotopic (exact) mass is 381 g/mol. The molecule has 1 atom stereocenters. The Morgan fingerprint density at radius 3 is 2.25 bits per heavy atom. The van der Waals surface area contributed by atoms with Crippen LogP contribution in [0.1, 0.15) is 76.2 Å². The molecule has 1 fully saturated rings. The van der Waals surface area contributed by atoms with Gasteiger partial charge in [-0.3, -0.25) is 4.98 Å². The molecule has 152 valence electrons. The van der Waals surface area contributed by atoms with E-state index >= 15 is 0 Å². The zero-order valence-electron chi connectivity index (χ0n) is 18.0. The summed E-state index contributed by atoms with van der Waals surface area (Å²) < 4.78 is 12.3. The summed E-state index contributed by atoms with van der Waals surface area (Å²) in [5.74, 6) is 1.51. The molecule has 1 saturated carbocycles. The Hall–Kier alpha value is -1.87. The summed E-state index contributed by atoms with van der Waals surface area (Å²) in [5, 5.41) is 0. The van der Waals surface area contributed by atoms with E-state index < -0.39 is 0 Å². The molecule has 1 heterocycles. The smallest absolute Gasteiger partial charge is 0.128 e. The Labute approximate surface area is 170 Å². The number of aromatic nitrogens is 1. The zero-order chi connectivity index (χ0) is 19.9. The Morgan fingerprint density at radius 2 is 1.68 bits per heavy atom. The second-order valence-corrected chi connectivity index (χ2v) is 7.62. The third-order valence-corrected chi connectivity index (χ3v) is 5.93. The Morgan fingerprint density at radius 1 is 1.00 bits per heavy atom. The molecule has 0 bridgehead atoms. The van der Waals surface area contributed by atoms with Crippen molar-refractivity contribution in [2.75, 3.05) is 13.2 Å². The van der Waals surface area contributed by atoms with Gasteiger partial charge in [-0.1, -0.05) is 44.9 Å². The molecule has 1 aromatic carbocycles. The van der Waals surface area contributed by atoms with Gasteiger partial charge in [0.2, 0.25) is 0 Å². The fourth-order valence-electron chi connectivity index (χ4n) is 4.57. The number of benzene rings is 1. The van der Waals surface area contributed by atoms with Crippen LogP contribution in [0, 0.1) is 5.92 Å². The summed E-state index contributed by atoms with van der Waals surface area (Å²) in [7, 11) is 0. The molecule has 1 aliphatic rings. The third-order valence-electron chi connectivity index (χ3n) is 5.93. The second-order valence-electron chi connectivity index (χ2n) is 7.62. The molecule has 0 saturated heterocycles. The summed E-state index contributed by atoms with van der Waals surface area (Å²) in [6, 6.07) is 8.73. The lowest BCUT2D eigenvalue weighted by atomic mass is 9.92. The van der Waals surface area contributed by atoms with Crippen LogP contribution in [0.3, 0.4) is 0 Å². The Balaban J connectivity index is 2.06. The lowest BCUT2D eigenvalue weighted by Gasteiger charge is -2.26. The SMILES string of the molecule is CCOc1cc(-c2c(CC)cccc2CC)ncc1C(OCC)C1CCCC1. The first-order chi connectivity index (χ1) is 13.7. The first-order valence-corrected chi connectivity index (χ1v) is 11.1. The van der Waals surface area contributed by atoms with Crippen LogP contribution < -0.4 is 4.74 Å². The van der Waals surface area contributed by atoms with E-state index in [0.717, 1.165) is 29.8 Å². The second kappa shape index (κ2) is 10.1. The molecular formula is C25H35NO2. The maximum Gasteiger partial charge on any atom is 0.128 e. The Kier molecular flexibility index (Phi) is 7.50. The van der Waals surface area contributed by atoms with Gasteiger partial charge < -0.3 is 9.47 Å². The van der Waals surface area contributed by atoms with Crippen molar-refractivity contribution in [1.82, 2.24) is 4.98 Å². The van der Waals surface area contributed by atoms with Gasteiger partial charge in [0.1, 0.15) is 5.75 Å². The fraction of sp³-hybridized carbons (Fsp3) is 0.560. The van der Waals surface area contributed by atoms with E-state index in [1.54, 1.807) is 0 Å². The molecular weight excluding hydrogens is 346 g/mol. The predicted molar refractivity (Wildman–Crippen MR) is 116 cm³/mol. The highest BCUT2D eigenvalue weighted by Gasteiger charge is 2.30. The number of pyridine rings is 1. The van der Waals surface area contributed by atoms with Gasteiger partial charge in [-0.05, 0) is 56.6 Å². The van der Waals surface area contributed by atoms with Gasteiger partial charge >= 0.3 is 0 Å². The number of hydrogen-bond acceptors (Lipinski definition) is 3. The van der Waals surface area contributed by atoms with Gasteiger partial charge in [-0.15, -0.1) is 0 Å². The van der Waals surface area contributed by atoms with E-state index in [1.165, 1.54) is 42.4 Å². The van der Waals surface area contributed by atoms with Gasteiger partial charge in [0.25, 0.3) is 0 Å². The highest BCUT2D eigenvalue weighted by atomic mass is 16.5. The van der Waals surface area contributed by atoms with Gasteiger partial charge in [-0.2, -0.15) is 0 Å². The lowest BCUT2D eigenvalue weighted by Crippen LogP contribution is -2.16. The van der Waals surface area contributed by atoms with Crippen LogP contribution in [-0.2, 0) is 17.6 Å². The molecule has 3 heteroatoms. The summed E-state index contributed by atoms with van der Waals surface area (Å²) in [5.41, 5.74) is 6.10. The maximum absolute atomic E-state index is 6.21. The number of hydrogen-bond donors (Lipinski definition) is 0. The van der Waals surface area contributed by atoms with Crippen molar-refractivity contribution in [2.24, 2.45) is 5.92 Å². The number of aryl methyl sites for hydroxylation is 2. The summed E-state index contributed by atoms with van der Waals surface area (Å²) >= 11 is 0. The van der Waals surface area contributed by atoms with Crippen molar-refractivity contribution >= 4 is 0 Å². The topological polar surface area (TPSA) is 31.4 Å². The van der Waals surface area contributed by atoms with Crippen LogP contribution in [0.4, 0.5) is 0 Å². The minimum atomic E-state index is 0.0858. The molecule has 3 rings (SSSR count).